The fourth-order valence-electron chi connectivity index (χ4n) is 0.760. The smallest absolute Gasteiger partial charge is 0.257 e. The van der Waals surface area contributed by atoms with Crippen molar-refractivity contribution in [2.24, 2.45) is 0 Å². The summed E-state index contributed by atoms with van der Waals surface area (Å²) in [5.74, 6) is 0. The standard InChI is InChI=1S/C8H8O3S/c1-7-3-5-8(6-4-7)12(9,10)11-2/h2-6H,1H3. The van der Waals surface area contributed by atoms with E-state index in [-0.39, 0.29) is 4.90 Å². The van der Waals surface area contributed by atoms with Crippen LogP contribution in [0, 0.1) is 14.0 Å². The van der Waals surface area contributed by atoms with Gasteiger partial charge in [0.15, 0.2) is 0 Å². The van der Waals surface area contributed by atoms with Gasteiger partial charge in [-0.15, -0.1) is 0 Å². The second-order valence-electron chi connectivity index (χ2n) is 2.36. The molecule has 1 rings (SSSR count). The summed E-state index contributed by atoms with van der Waals surface area (Å²) in [6.07, 6.45) is 0. The highest BCUT2D eigenvalue weighted by atomic mass is 32.2. The average Bonchev–Trinajstić information content (AvgIpc) is 2.05. The minimum Gasteiger partial charge on any atom is -0.257 e. The molecule has 0 aromatic heterocycles. The normalized spacial score (nSPS) is 11.5. The van der Waals surface area contributed by atoms with Gasteiger partial charge in [0.05, 0.1) is 4.90 Å². The molecule has 0 saturated heterocycles. The van der Waals surface area contributed by atoms with Gasteiger partial charge in [0, 0.05) is 0 Å². The van der Waals surface area contributed by atoms with Crippen LogP contribution in [0.2, 0.25) is 0 Å². The molecular weight excluding hydrogens is 176 g/mol. The topological polar surface area (TPSA) is 43.4 Å². The van der Waals surface area contributed by atoms with Gasteiger partial charge in [-0.25, -0.2) is 0 Å². The minimum absolute atomic E-state index is 0.0654. The molecule has 0 unspecified atom stereocenters. The van der Waals surface area contributed by atoms with Crippen LogP contribution in [0.1, 0.15) is 5.56 Å². The second kappa shape index (κ2) is 3.25. The van der Waals surface area contributed by atoms with E-state index in [0.717, 1.165) is 5.56 Å². The van der Waals surface area contributed by atoms with Crippen molar-refractivity contribution in [2.45, 2.75) is 11.8 Å². The quantitative estimate of drug-likeness (QED) is 0.652. The molecule has 0 bridgehead atoms. The van der Waals surface area contributed by atoms with Crippen LogP contribution < -0.4 is 0 Å². The zero-order valence-electron chi connectivity index (χ0n) is 6.52. The van der Waals surface area contributed by atoms with Gasteiger partial charge >= 0.3 is 0 Å². The van der Waals surface area contributed by atoms with Gasteiger partial charge in [-0.3, -0.25) is 4.18 Å². The van der Waals surface area contributed by atoms with Crippen LogP contribution in [0.3, 0.4) is 0 Å². The SMILES string of the molecule is [CH]OS(=O)(=O)c1ccc(C)cc1. The molecule has 0 saturated carbocycles. The highest BCUT2D eigenvalue weighted by Gasteiger charge is 2.11. The van der Waals surface area contributed by atoms with Gasteiger partial charge in [0.1, 0.15) is 7.11 Å². The van der Waals surface area contributed by atoms with E-state index in [1.165, 1.54) is 12.1 Å². The molecule has 2 radical (unpaired) electrons. The number of benzene rings is 1. The molecule has 0 fully saturated rings. The van der Waals surface area contributed by atoms with E-state index >= 15 is 0 Å². The van der Waals surface area contributed by atoms with E-state index < -0.39 is 10.1 Å². The molecular formula is C8H8O3S. The summed E-state index contributed by atoms with van der Waals surface area (Å²) in [5.41, 5.74) is 0.978. The van der Waals surface area contributed by atoms with Crippen LogP contribution in [0.25, 0.3) is 0 Å². The lowest BCUT2D eigenvalue weighted by atomic mass is 10.2. The molecule has 0 heterocycles. The van der Waals surface area contributed by atoms with E-state index in [1.54, 1.807) is 12.1 Å². The highest BCUT2D eigenvalue weighted by molar-refractivity contribution is 7.86. The Morgan fingerprint density at radius 2 is 1.75 bits per heavy atom. The Bertz CT molecular complexity index is 350. The highest BCUT2D eigenvalue weighted by Crippen LogP contribution is 2.11. The van der Waals surface area contributed by atoms with Crippen molar-refractivity contribution in [1.29, 1.82) is 0 Å². The predicted octanol–water partition coefficient (Wildman–Crippen LogP) is 1.37. The van der Waals surface area contributed by atoms with Crippen LogP contribution in [0.4, 0.5) is 0 Å². The van der Waals surface area contributed by atoms with E-state index in [0.29, 0.717) is 0 Å². The first-order valence-electron chi connectivity index (χ1n) is 3.26. The molecule has 0 aliphatic rings. The van der Waals surface area contributed by atoms with Gasteiger partial charge < -0.3 is 0 Å². The third-order valence-electron chi connectivity index (χ3n) is 1.44. The Kier molecular flexibility index (Phi) is 2.49. The first kappa shape index (κ1) is 9.22. The van der Waals surface area contributed by atoms with E-state index in [2.05, 4.69) is 11.3 Å². The molecule has 12 heavy (non-hydrogen) atoms. The Balaban J connectivity index is 3.14. The summed E-state index contributed by atoms with van der Waals surface area (Å²) >= 11 is 0. The van der Waals surface area contributed by atoms with Crippen LogP contribution in [-0.4, -0.2) is 8.42 Å². The summed E-state index contributed by atoms with van der Waals surface area (Å²) in [7, 11) is 0.851. The van der Waals surface area contributed by atoms with Gasteiger partial charge in [0.2, 0.25) is 0 Å². The lowest BCUT2D eigenvalue weighted by molar-refractivity contribution is 0.438. The van der Waals surface area contributed by atoms with E-state index in [9.17, 15) is 8.42 Å². The minimum atomic E-state index is -3.74. The first-order valence-corrected chi connectivity index (χ1v) is 4.67. The molecule has 0 aliphatic heterocycles. The van der Waals surface area contributed by atoms with Gasteiger partial charge in [-0.05, 0) is 19.1 Å². The molecule has 0 amide bonds. The number of rotatable bonds is 2. The monoisotopic (exact) mass is 184 g/mol. The van der Waals surface area contributed by atoms with Crippen molar-refractivity contribution in [1.82, 2.24) is 0 Å². The Morgan fingerprint density at radius 1 is 1.25 bits per heavy atom. The molecule has 1 aromatic rings. The van der Waals surface area contributed by atoms with E-state index in [4.69, 9.17) is 0 Å². The van der Waals surface area contributed by atoms with Crippen molar-refractivity contribution in [3.05, 3.63) is 36.9 Å². The van der Waals surface area contributed by atoms with Crippen LogP contribution >= 0.6 is 0 Å². The summed E-state index contributed by atoms with van der Waals surface area (Å²) in [4.78, 5) is 0.0654. The molecule has 4 heteroatoms. The van der Waals surface area contributed by atoms with Gasteiger partial charge in [-0.2, -0.15) is 8.42 Å². The first-order chi connectivity index (χ1) is 5.56. The maximum atomic E-state index is 11.0. The maximum absolute atomic E-state index is 11.0. The van der Waals surface area contributed by atoms with Crippen molar-refractivity contribution in [3.63, 3.8) is 0 Å². The average molecular weight is 184 g/mol. The molecule has 0 spiro atoms. The molecule has 3 nitrogen and oxygen atoms in total. The lowest BCUT2D eigenvalue weighted by Gasteiger charge is -1.99. The second-order valence-corrected chi connectivity index (χ2v) is 3.94. The Labute approximate surface area is 72.1 Å². The third kappa shape index (κ3) is 1.84. The molecule has 0 N–H and O–H groups in total. The Hall–Kier alpha value is -0.870. The molecule has 0 aliphatic carbocycles. The molecule has 1 aromatic carbocycles. The fourth-order valence-corrected chi connectivity index (χ4v) is 1.34. The van der Waals surface area contributed by atoms with Crippen LogP contribution in [0.15, 0.2) is 29.2 Å². The summed E-state index contributed by atoms with van der Waals surface area (Å²) in [6.45, 7) is 1.86. The molecule has 64 valence electrons. The largest absolute Gasteiger partial charge is 0.297 e. The third-order valence-corrected chi connectivity index (χ3v) is 2.54. The van der Waals surface area contributed by atoms with Crippen LogP contribution in [-0.2, 0) is 14.3 Å². The zero-order chi connectivity index (χ0) is 9.19. The summed E-state index contributed by atoms with van der Waals surface area (Å²) in [5, 5.41) is 0. The number of hydrogen-bond donors (Lipinski definition) is 0. The Morgan fingerprint density at radius 3 is 2.17 bits per heavy atom. The van der Waals surface area contributed by atoms with Crippen molar-refractivity contribution in [3.8, 4) is 0 Å². The maximum Gasteiger partial charge on any atom is 0.297 e. The molecule has 0 atom stereocenters. The van der Waals surface area contributed by atoms with Crippen molar-refractivity contribution in [2.75, 3.05) is 0 Å². The zero-order valence-corrected chi connectivity index (χ0v) is 7.34. The van der Waals surface area contributed by atoms with Gasteiger partial charge in [0.25, 0.3) is 10.1 Å². The summed E-state index contributed by atoms with van der Waals surface area (Å²) in [6, 6.07) is 6.23. The summed E-state index contributed by atoms with van der Waals surface area (Å²) < 4.78 is 25.8. The predicted molar refractivity (Wildman–Crippen MR) is 43.7 cm³/mol. The van der Waals surface area contributed by atoms with E-state index in [1.807, 2.05) is 6.92 Å². The lowest BCUT2D eigenvalue weighted by Crippen LogP contribution is -2.00. The number of aryl methyl sites for hydroxylation is 1. The van der Waals surface area contributed by atoms with Crippen molar-refractivity contribution >= 4 is 10.1 Å². The van der Waals surface area contributed by atoms with Gasteiger partial charge in [-0.1, -0.05) is 17.7 Å². The number of hydrogen-bond acceptors (Lipinski definition) is 3. The van der Waals surface area contributed by atoms with Crippen LogP contribution in [0.5, 0.6) is 0 Å². The fraction of sp³-hybridized carbons (Fsp3) is 0.125. The van der Waals surface area contributed by atoms with Crippen molar-refractivity contribution < 1.29 is 12.6 Å².